The number of rotatable bonds is 4. The van der Waals surface area contributed by atoms with E-state index in [0.717, 1.165) is 17.3 Å². The number of nitrogens with two attached hydrogens (primary N) is 1. The fourth-order valence-corrected chi connectivity index (χ4v) is 1.49. The molecule has 2 aromatic heterocycles. The first-order valence-corrected chi connectivity index (χ1v) is 5.39. The smallest absolute Gasteiger partial charge is 0.147 e. The first-order chi connectivity index (χ1) is 8.20. The molecule has 0 spiro atoms. The SMILES string of the molecule is CN(Cc1nccn1C)c1cnc(CN)cn1. The maximum atomic E-state index is 5.48. The number of imidazole rings is 1. The fraction of sp³-hybridized carbons (Fsp3) is 0.364. The number of anilines is 1. The molecule has 0 bridgehead atoms. The molecule has 0 saturated heterocycles. The monoisotopic (exact) mass is 232 g/mol. The number of hydrogen-bond acceptors (Lipinski definition) is 5. The maximum Gasteiger partial charge on any atom is 0.147 e. The Bertz CT molecular complexity index is 475. The van der Waals surface area contributed by atoms with E-state index < -0.39 is 0 Å². The van der Waals surface area contributed by atoms with Crippen LogP contribution in [0, 0.1) is 0 Å². The molecule has 0 fully saturated rings. The van der Waals surface area contributed by atoms with Crippen molar-refractivity contribution in [3.63, 3.8) is 0 Å². The van der Waals surface area contributed by atoms with Crippen LogP contribution in [-0.4, -0.2) is 26.6 Å². The Morgan fingerprint density at radius 2 is 2.12 bits per heavy atom. The van der Waals surface area contributed by atoms with Crippen molar-refractivity contribution in [3.8, 4) is 0 Å². The second-order valence-electron chi connectivity index (χ2n) is 3.88. The molecule has 0 saturated carbocycles. The van der Waals surface area contributed by atoms with Gasteiger partial charge in [0.15, 0.2) is 0 Å². The van der Waals surface area contributed by atoms with Crippen LogP contribution in [0.15, 0.2) is 24.8 Å². The minimum Gasteiger partial charge on any atom is -0.351 e. The predicted octanol–water partition coefficient (Wildman–Crippen LogP) is 0.305. The molecule has 90 valence electrons. The quantitative estimate of drug-likeness (QED) is 0.821. The maximum absolute atomic E-state index is 5.48. The number of aromatic nitrogens is 4. The summed E-state index contributed by atoms with van der Waals surface area (Å²) in [5, 5.41) is 0. The van der Waals surface area contributed by atoms with E-state index in [9.17, 15) is 0 Å². The summed E-state index contributed by atoms with van der Waals surface area (Å²) in [4.78, 5) is 14.8. The summed E-state index contributed by atoms with van der Waals surface area (Å²) in [6.07, 6.45) is 7.13. The summed E-state index contributed by atoms with van der Waals surface area (Å²) < 4.78 is 1.98. The lowest BCUT2D eigenvalue weighted by Crippen LogP contribution is -2.20. The summed E-state index contributed by atoms with van der Waals surface area (Å²) in [5.74, 6) is 1.79. The molecule has 2 N–H and O–H groups in total. The number of aryl methyl sites for hydroxylation is 1. The van der Waals surface area contributed by atoms with Crippen LogP contribution in [-0.2, 0) is 20.1 Å². The highest BCUT2D eigenvalue weighted by molar-refractivity contribution is 5.34. The van der Waals surface area contributed by atoms with Crippen molar-refractivity contribution in [2.24, 2.45) is 12.8 Å². The molecule has 0 unspecified atom stereocenters. The molecule has 2 rings (SSSR count). The van der Waals surface area contributed by atoms with Crippen LogP contribution in [0.4, 0.5) is 5.82 Å². The van der Waals surface area contributed by atoms with Gasteiger partial charge in [0.25, 0.3) is 0 Å². The average molecular weight is 232 g/mol. The van der Waals surface area contributed by atoms with Gasteiger partial charge >= 0.3 is 0 Å². The van der Waals surface area contributed by atoms with Gasteiger partial charge in [0, 0.05) is 33.0 Å². The zero-order valence-corrected chi connectivity index (χ0v) is 10.0. The van der Waals surface area contributed by atoms with Crippen LogP contribution >= 0.6 is 0 Å². The summed E-state index contributed by atoms with van der Waals surface area (Å²) >= 11 is 0. The third-order valence-corrected chi connectivity index (χ3v) is 2.59. The molecule has 6 heteroatoms. The molecule has 0 aromatic carbocycles. The van der Waals surface area contributed by atoms with Crippen molar-refractivity contribution in [2.75, 3.05) is 11.9 Å². The lowest BCUT2D eigenvalue weighted by molar-refractivity contribution is 0.752. The Kier molecular flexibility index (Phi) is 3.34. The highest BCUT2D eigenvalue weighted by Crippen LogP contribution is 2.09. The molecule has 17 heavy (non-hydrogen) atoms. The minimum absolute atomic E-state index is 0.413. The summed E-state index contributed by atoms with van der Waals surface area (Å²) in [6.45, 7) is 1.11. The molecule has 0 aliphatic heterocycles. The van der Waals surface area contributed by atoms with Crippen molar-refractivity contribution in [1.29, 1.82) is 0 Å². The van der Waals surface area contributed by atoms with Crippen LogP contribution in [0.5, 0.6) is 0 Å². The van der Waals surface area contributed by atoms with Crippen LogP contribution in [0.3, 0.4) is 0 Å². The number of hydrogen-bond donors (Lipinski definition) is 1. The fourth-order valence-electron chi connectivity index (χ4n) is 1.49. The van der Waals surface area contributed by atoms with Gasteiger partial charge in [-0.2, -0.15) is 0 Å². The third-order valence-electron chi connectivity index (χ3n) is 2.59. The van der Waals surface area contributed by atoms with Gasteiger partial charge in [0.05, 0.1) is 24.6 Å². The van der Waals surface area contributed by atoms with Gasteiger partial charge in [-0.3, -0.25) is 4.98 Å². The summed E-state index contributed by atoms with van der Waals surface area (Å²) in [7, 11) is 3.93. The summed E-state index contributed by atoms with van der Waals surface area (Å²) in [6, 6.07) is 0. The highest BCUT2D eigenvalue weighted by atomic mass is 15.2. The van der Waals surface area contributed by atoms with E-state index >= 15 is 0 Å². The van der Waals surface area contributed by atoms with Crippen LogP contribution < -0.4 is 10.6 Å². The Morgan fingerprint density at radius 1 is 1.29 bits per heavy atom. The van der Waals surface area contributed by atoms with E-state index in [1.165, 1.54) is 0 Å². The van der Waals surface area contributed by atoms with E-state index in [0.29, 0.717) is 13.1 Å². The lowest BCUT2D eigenvalue weighted by Gasteiger charge is -2.17. The van der Waals surface area contributed by atoms with Gasteiger partial charge in [0.2, 0.25) is 0 Å². The topological polar surface area (TPSA) is 72.9 Å². The second kappa shape index (κ2) is 4.92. The van der Waals surface area contributed by atoms with Crippen LogP contribution in [0.1, 0.15) is 11.5 Å². The van der Waals surface area contributed by atoms with Gasteiger partial charge < -0.3 is 15.2 Å². The van der Waals surface area contributed by atoms with Gasteiger partial charge in [-0.15, -0.1) is 0 Å². The molecule has 0 aliphatic rings. The third kappa shape index (κ3) is 2.59. The van der Waals surface area contributed by atoms with Crippen molar-refractivity contribution in [1.82, 2.24) is 19.5 Å². The van der Waals surface area contributed by atoms with E-state index in [4.69, 9.17) is 5.73 Å². The minimum atomic E-state index is 0.413. The molecule has 0 amide bonds. The molecule has 0 atom stereocenters. The second-order valence-corrected chi connectivity index (χ2v) is 3.88. The van der Waals surface area contributed by atoms with Crippen molar-refractivity contribution >= 4 is 5.82 Å². The first kappa shape index (κ1) is 11.5. The Labute approximate surface area is 100 Å². The molecule has 2 heterocycles. The number of nitrogens with zero attached hydrogens (tertiary/aromatic N) is 5. The van der Waals surface area contributed by atoms with E-state index in [1.54, 1.807) is 18.6 Å². The molecular formula is C11H16N6. The highest BCUT2D eigenvalue weighted by Gasteiger charge is 2.07. The molecule has 0 aliphatic carbocycles. The van der Waals surface area contributed by atoms with Gasteiger partial charge in [-0.05, 0) is 0 Å². The Hall–Kier alpha value is -1.95. The van der Waals surface area contributed by atoms with Crippen molar-refractivity contribution < 1.29 is 0 Å². The normalized spacial score (nSPS) is 10.5. The van der Waals surface area contributed by atoms with Crippen molar-refractivity contribution in [2.45, 2.75) is 13.1 Å². The molecule has 0 radical (unpaired) electrons. The van der Waals surface area contributed by atoms with Crippen LogP contribution in [0.2, 0.25) is 0 Å². The van der Waals surface area contributed by atoms with Gasteiger partial charge in [-0.25, -0.2) is 9.97 Å². The Balaban J connectivity index is 2.09. The van der Waals surface area contributed by atoms with Crippen molar-refractivity contribution in [3.05, 3.63) is 36.3 Å². The Morgan fingerprint density at radius 3 is 2.65 bits per heavy atom. The first-order valence-electron chi connectivity index (χ1n) is 5.39. The summed E-state index contributed by atoms with van der Waals surface area (Å²) in [5.41, 5.74) is 6.27. The molecular weight excluding hydrogens is 216 g/mol. The van der Waals surface area contributed by atoms with Gasteiger partial charge in [-0.1, -0.05) is 0 Å². The molecule has 6 nitrogen and oxygen atoms in total. The zero-order valence-electron chi connectivity index (χ0n) is 10.0. The zero-order chi connectivity index (χ0) is 12.3. The van der Waals surface area contributed by atoms with Crippen LogP contribution in [0.25, 0.3) is 0 Å². The van der Waals surface area contributed by atoms with E-state index in [1.807, 2.05) is 29.8 Å². The van der Waals surface area contributed by atoms with E-state index in [-0.39, 0.29) is 0 Å². The largest absolute Gasteiger partial charge is 0.351 e. The average Bonchev–Trinajstić information content (AvgIpc) is 2.75. The predicted molar refractivity (Wildman–Crippen MR) is 65.2 cm³/mol. The van der Waals surface area contributed by atoms with E-state index in [2.05, 4.69) is 15.0 Å². The standard InChI is InChI=1S/C11H16N6/c1-16-4-3-13-11(16)8-17(2)10-7-14-9(5-12)6-15-10/h3-4,6-7H,5,8,12H2,1-2H3. The lowest BCUT2D eigenvalue weighted by atomic mass is 10.4. The molecule has 2 aromatic rings. The van der Waals surface area contributed by atoms with Gasteiger partial charge in [0.1, 0.15) is 11.6 Å².